The molecular weight excluding hydrogens is 516 g/mol. The van der Waals surface area contributed by atoms with Crippen LogP contribution >= 0.6 is 11.8 Å². The molecule has 10 heteroatoms. The van der Waals surface area contributed by atoms with E-state index < -0.39 is 41.1 Å². The summed E-state index contributed by atoms with van der Waals surface area (Å²) in [5.74, 6) is 1.90. The van der Waals surface area contributed by atoms with E-state index in [1.165, 1.54) is 11.4 Å². The molecule has 0 aliphatic heterocycles. The highest BCUT2D eigenvalue weighted by Gasteiger charge is 2.44. The monoisotopic (exact) mass is 572 g/mol. The van der Waals surface area contributed by atoms with E-state index in [1.54, 1.807) is 43.9 Å². The maximum absolute atomic E-state index is 13.5. The Morgan fingerprint density at radius 3 is 1.75 bits per heavy atom. The van der Waals surface area contributed by atoms with E-state index in [1.807, 2.05) is 27.7 Å². The zero-order valence-corrected chi connectivity index (χ0v) is 27.8. The Bertz CT molecular complexity index is 886. The maximum Gasteiger partial charge on any atom is 0.219 e. The van der Waals surface area contributed by atoms with Crippen molar-refractivity contribution in [3.8, 4) is 0 Å². The predicted octanol–water partition coefficient (Wildman–Crippen LogP) is 5.20. The predicted molar refractivity (Wildman–Crippen MR) is 157 cm³/mol. The first-order valence-corrected chi connectivity index (χ1v) is 17.0. The topological polar surface area (TPSA) is 95.0 Å². The molecule has 0 heterocycles. The Kier molecular flexibility index (Phi) is 13.0. The maximum atomic E-state index is 13.5. The van der Waals surface area contributed by atoms with Crippen molar-refractivity contribution in [1.82, 2.24) is 8.61 Å². The third-order valence-corrected chi connectivity index (χ3v) is 13.7. The van der Waals surface area contributed by atoms with Crippen LogP contribution in [-0.4, -0.2) is 83.8 Å². The molecule has 0 aliphatic rings. The SMILES string of the molecule is CC(CCC(C)(C)S(=O)(=O)N(C)C(C)(C)CC(C)(C)C)CSCC[C@@H](CO)N(C)S(=O)(=O)C(C)(C)C. The molecule has 7 nitrogen and oxygen atoms in total. The van der Waals surface area contributed by atoms with Crippen LogP contribution in [0.4, 0.5) is 0 Å². The number of hydrogen-bond acceptors (Lipinski definition) is 6. The van der Waals surface area contributed by atoms with Gasteiger partial charge in [0.05, 0.1) is 16.1 Å². The smallest absolute Gasteiger partial charge is 0.219 e. The van der Waals surface area contributed by atoms with Crippen molar-refractivity contribution in [2.45, 2.75) is 123 Å². The van der Waals surface area contributed by atoms with Gasteiger partial charge in [0.25, 0.3) is 0 Å². The molecule has 1 unspecified atom stereocenters. The van der Waals surface area contributed by atoms with E-state index in [0.717, 1.165) is 24.3 Å². The molecule has 0 aromatic carbocycles. The first-order chi connectivity index (χ1) is 15.8. The molecule has 0 rings (SSSR count). The third-order valence-electron chi connectivity index (χ3n) is 6.99. The Morgan fingerprint density at radius 2 is 1.33 bits per heavy atom. The lowest BCUT2D eigenvalue weighted by molar-refractivity contribution is 0.173. The molecule has 0 aromatic rings. The normalized spacial score (nSPS) is 16.6. The van der Waals surface area contributed by atoms with Crippen molar-refractivity contribution in [3.63, 3.8) is 0 Å². The molecule has 0 fully saturated rings. The Labute approximate surface area is 228 Å². The summed E-state index contributed by atoms with van der Waals surface area (Å²) < 4.78 is 53.5. The van der Waals surface area contributed by atoms with Gasteiger partial charge in [-0.1, -0.05) is 27.7 Å². The summed E-state index contributed by atoms with van der Waals surface area (Å²) in [6.07, 6.45) is 2.68. The molecule has 0 radical (unpaired) electrons. The summed E-state index contributed by atoms with van der Waals surface area (Å²) in [6.45, 7) is 20.9. The van der Waals surface area contributed by atoms with Gasteiger partial charge in [-0.2, -0.15) is 20.4 Å². The lowest BCUT2D eigenvalue weighted by Crippen LogP contribution is -2.53. The van der Waals surface area contributed by atoms with Crippen molar-refractivity contribution in [2.75, 3.05) is 32.2 Å². The van der Waals surface area contributed by atoms with Crippen LogP contribution < -0.4 is 0 Å². The molecule has 2 atom stereocenters. The van der Waals surface area contributed by atoms with Gasteiger partial charge in [-0.15, -0.1) is 0 Å². The van der Waals surface area contributed by atoms with Gasteiger partial charge < -0.3 is 5.11 Å². The number of aliphatic hydroxyl groups excluding tert-OH is 1. The Morgan fingerprint density at radius 1 is 0.833 bits per heavy atom. The molecule has 0 aliphatic carbocycles. The van der Waals surface area contributed by atoms with E-state index in [0.29, 0.717) is 18.8 Å². The van der Waals surface area contributed by atoms with Crippen LogP contribution in [0.3, 0.4) is 0 Å². The van der Waals surface area contributed by atoms with Crippen LogP contribution in [0.2, 0.25) is 0 Å². The van der Waals surface area contributed by atoms with Crippen molar-refractivity contribution < 1.29 is 21.9 Å². The number of rotatable bonds is 15. The van der Waals surface area contributed by atoms with Gasteiger partial charge in [0, 0.05) is 25.7 Å². The average Bonchev–Trinajstić information content (AvgIpc) is 2.68. The van der Waals surface area contributed by atoms with Crippen LogP contribution in [0.5, 0.6) is 0 Å². The van der Waals surface area contributed by atoms with Gasteiger partial charge in [0.1, 0.15) is 0 Å². The van der Waals surface area contributed by atoms with Crippen LogP contribution in [0, 0.1) is 11.3 Å². The number of aliphatic hydroxyl groups is 1. The van der Waals surface area contributed by atoms with Crippen LogP contribution in [0.15, 0.2) is 0 Å². The molecule has 0 bridgehead atoms. The number of nitrogens with zero attached hydrogens (tertiary/aromatic N) is 2. The molecule has 36 heavy (non-hydrogen) atoms. The molecule has 0 amide bonds. The molecule has 1 N–H and O–H groups in total. The minimum atomic E-state index is -3.51. The number of thioether (sulfide) groups is 1. The van der Waals surface area contributed by atoms with E-state index in [-0.39, 0.29) is 12.0 Å². The van der Waals surface area contributed by atoms with Gasteiger partial charge in [-0.3, -0.25) is 0 Å². The van der Waals surface area contributed by atoms with Gasteiger partial charge in [-0.25, -0.2) is 16.8 Å². The Balaban J connectivity index is 4.93. The highest BCUT2D eigenvalue weighted by molar-refractivity contribution is 7.99. The second-order valence-electron chi connectivity index (χ2n) is 13.8. The second-order valence-corrected chi connectivity index (χ2v) is 20.3. The summed E-state index contributed by atoms with van der Waals surface area (Å²) in [5, 5.41) is 9.77. The largest absolute Gasteiger partial charge is 0.395 e. The fraction of sp³-hybridized carbons (Fsp3) is 1.00. The van der Waals surface area contributed by atoms with E-state index in [9.17, 15) is 21.9 Å². The van der Waals surface area contributed by atoms with Gasteiger partial charge in [0.2, 0.25) is 20.0 Å². The fourth-order valence-electron chi connectivity index (χ4n) is 4.43. The minimum Gasteiger partial charge on any atom is -0.395 e. The second kappa shape index (κ2) is 13.0. The van der Waals surface area contributed by atoms with Crippen LogP contribution in [-0.2, 0) is 20.0 Å². The molecule has 0 saturated carbocycles. The highest BCUT2D eigenvalue weighted by atomic mass is 32.2. The first-order valence-electron chi connectivity index (χ1n) is 13.0. The summed E-state index contributed by atoms with van der Waals surface area (Å²) >= 11 is 1.72. The lowest BCUT2D eigenvalue weighted by Gasteiger charge is -2.43. The van der Waals surface area contributed by atoms with Crippen LogP contribution in [0.1, 0.15) is 102 Å². The number of likely N-dealkylation sites (N-methyl/N-ethyl adjacent to an activating group) is 1. The van der Waals surface area contributed by atoms with Crippen molar-refractivity contribution in [3.05, 3.63) is 0 Å². The number of hydrogen-bond donors (Lipinski definition) is 1. The minimum absolute atomic E-state index is 0.0178. The van der Waals surface area contributed by atoms with E-state index >= 15 is 0 Å². The first kappa shape index (κ1) is 36.1. The zero-order valence-electron chi connectivity index (χ0n) is 25.3. The lowest BCUT2D eigenvalue weighted by atomic mass is 9.82. The van der Waals surface area contributed by atoms with E-state index in [2.05, 4.69) is 27.7 Å². The molecule has 0 aromatic heterocycles. The summed E-state index contributed by atoms with van der Waals surface area (Å²) in [6, 6.07) is -0.451. The van der Waals surface area contributed by atoms with Crippen molar-refractivity contribution in [2.24, 2.45) is 11.3 Å². The summed E-state index contributed by atoms with van der Waals surface area (Å²) in [4.78, 5) is 0. The molecular formula is C26H56N2O5S3. The van der Waals surface area contributed by atoms with Gasteiger partial charge in [-0.05, 0) is 97.0 Å². The van der Waals surface area contributed by atoms with Crippen LogP contribution in [0.25, 0.3) is 0 Å². The zero-order chi connectivity index (χ0) is 29.0. The quantitative estimate of drug-likeness (QED) is 0.271. The number of sulfonamides is 2. The summed E-state index contributed by atoms with van der Waals surface area (Å²) in [7, 11) is -3.76. The molecule has 0 spiro atoms. The standard InChI is InChI=1S/C26H56N2O5S3/c1-21(19-34-17-15-22(18-29)27(12)35(30,31)24(5,6)7)14-16-26(10,11)36(32,33)28(13)25(8,9)20-23(2,3)4/h21-22,29H,14-20H2,1-13H3/t21?,22-/m0/s1. The molecule has 0 saturated heterocycles. The van der Waals surface area contributed by atoms with Crippen molar-refractivity contribution >= 4 is 31.8 Å². The molecule has 218 valence electrons. The average molecular weight is 573 g/mol. The van der Waals surface area contributed by atoms with Gasteiger partial charge >= 0.3 is 0 Å². The van der Waals surface area contributed by atoms with Gasteiger partial charge in [0.15, 0.2) is 0 Å². The van der Waals surface area contributed by atoms with E-state index in [4.69, 9.17) is 0 Å². The third kappa shape index (κ3) is 10.0. The fourth-order valence-corrected chi connectivity index (χ4v) is 8.87. The highest BCUT2D eigenvalue weighted by Crippen LogP contribution is 2.37. The van der Waals surface area contributed by atoms with Crippen molar-refractivity contribution in [1.29, 1.82) is 0 Å². The Hall–Kier alpha value is 0.130. The summed E-state index contributed by atoms with van der Waals surface area (Å²) in [5.41, 5.74) is -0.462.